The molecule has 2 atom stereocenters. The zero-order valence-corrected chi connectivity index (χ0v) is 18.4. The molecule has 5 heteroatoms. The van der Waals surface area contributed by atoms with Crippen LogP contribution in [-0.4, -0.2) is 51.9 Å². The SMILES string of the molecule is C[C@@H]1C[C@@]2(CCN1Cc1ccccc1)C(NC1CCCCC1)=NC(=O)N2C1CCC1. The van der Waals surface area contributed by atoms with E-state index in [1.807, 2.05) is 0 Å². The van der Waals surface area contributed by atoms with E-state index in [0.29, 0.717) is 18.1 Å². The molecule has 2 saturated carbocycles. The number of rotatable bonds is 4. The second-order valence-corrected chi connectivity index (χ2v) is 9.97. The Morgan fingerprint density at radius 3 is 2.50 bits per heavy atom. The molecule has 5 rings (SSSR count). The van der Waals surface area contributed by atoms with Crippen molar-refractivity contribution in [3.05, 3.63) is 35.9 Å². The zero-order valence-electron chi connectivity index (χ0n) is 18.4. The highest BCUT2D eigenvalue weighted by Crippen LogP contribution is 2.43. The van der Waals surface area contributed by atoms with Gasteiger partial charge in [-0.25, -0.2) is 4.79 Å². The Hall–Kier alpha value is -1.88. The molecule has 4 aliphatic rings. The quantitative estimate of drug-likeness (QED) is 0.784. The maximum absolute atomic E-state index is 13.1. The molecular weight excluding hydrogens is 372 g/mol. The molecule has 2 heterocycles. The average molecular weight is 409 g/mol. The number of aliphatic imine (C=N–C) groups is 1. The van der Waals surface area contributed by atoms with E-state index in [9.17, 15) is 4.79 Å². The fourth-order valence-corrected chi connectivity index (χ4v) is 6.06. The van der Waals surface area contributed by atoms with E-state index in [-0.39, 0.29) is 11.6 Å². The topological polar surface area (TPSA) is 47.9 Å². The summed E-state index contributed by atoms with van der Waals surface area (Å²) in [5, 5.41) is 3.80. The summed E-state index contributed by atoms with van der Waals surface area (Å²) >= 11 is 0. The van der Waals surface area contributed by atoms with Crippen LogP contribution in [0.4, 0.5) is 4.79 Å². The molecule has 30 heavy (non-hydrogen) atoms. The van der Waals surface area contributed by atoms with E-state index in [2.05, 4.69) is 57.4 Å². The molecule has 0 bridgehead atoms. The van der Waals surface area contributed by atoms with Gasteiger partial charge >= 0.3 is 6.03 Å². The Balaban J connectivity index is 1.36. The van der Waals surface area contributed by atoms with Crippen molar-refractivity contribution >= 4 is 11.9 Å². The maximum Gasteiger partial charge on any atom is 0.346 e. The third-order valence-corrected chi connectivity index (χ3v) is 8.00. The lowest BCUT2D eigenvalue weighted by Gasteiger charge is -2.52. The number of amidine groups is 1. The number of piperidine rings is 1. The number of carbonyl (C=O) groups excluding carboxylic acids is 1. The van der Waals surface area contributed by atoms with Gasteiger partial charge in [0.1, 0.15) is 11.4 Å². The molecule has 2 aliphatic carbocycles. The third-order valence-electron chi connectivity index (χ3n) is 8.00. The van der Waals surface area contributed by atoms with Crippen LogP contribution in [0.5, 0.6) is 0 Å². The molecule has 2 amide bonds. The van der Waals surface area contributed by atoms with Gasteiger partial charge in [0.2, 0.25) is 0 Å². The smallest absolute Gasteiger partial charge is 0.346 e. The lowest BCUT2D eigenvalue weighted by atomic mass is 9.77. The number of nitrogens with one attached hydrogen (secondary N) is 1. The summed E-state index contributed by atoms with van der Waals surface area (Å²) < 4.78 is 0. The lowest BCUT2D eigenvalue weighted by molar-refractivity contribution is 0.0228. The predicted molar refractivity (Wildman–Crippen MR) is 121 cm³/mol. The number of likely N-dealkylation sites (tertiary alicyclic amines) is 1. The van der Waals surface area contributed by atoms with Gasteiger partial charge in [-0.15, -0.1) is 0 Å². The number of nitrogens with zero attached hydrogens (tertiary/aromatic N) is 3. The summed E-state index contributed by atoms with van der Waals surface area (Å²) in [6.45, 7) is 4.33. The number of benzene rings is 1. The van der Waals surface area contributed by atoms with Gasteiger partial charge in [0.05, 0.1) is 0 Å². The Morgan fingerprint density at radius 2 is 1.83 bits per heavy atom. The first kappa shape index (κ1) is 20.0. The molecule has 1 saturated heterocycles. The molecule has 5 nitrogen and oxygen atoms in total. The summed E-state index contributed by atoms with van der Waals surface area (Å²) in [7, 11) is 0. The standard InChI is InChI=1S/C25H36N4O/c1-19-17-25(15-16-28(19)18-20-9-4-2-5-10-20)23(26-21-11-6-3-7-12-21)27-24(30)29(25)22-13-8-14-22/h2,4-5,9-10,19,21-22H,3,6-8,11-18H2,1H3,(H,26,27,30)/t19-,25+/m1/s1. The van der Waals surface area contributed by atoms with E-state index >= 15 is 0 Å². The van der Waals surface area contributed by atoms with Crippen LogP contribution in [0.25, 0.3) is 0 Å². The van der Waals surface area contributed by atoms with Crippen LogP contribution in [0.2, 0.25) is 0 Å². The average Bonchev–Trinajstić information content (AvgIpc) is 2.96. The van der Waals surface area contributed by atoms with Crippen LogP contribution in [0.3, 0.4) is 0 Å². The minimum absolute atomic E-state index is 0.0155. The summed E-state index contributed by atoms with van der Waals surface area (Å²) in [6.07, 6.45) is 11.8. The van der Waals surface area contributed by atoms with Crippen LogP contribution in [-0.2, 0) is 6.54 Å². The molecule has 0 aromatic heterocycles. The van der Waals surface area contributed by atoms with Crippen LogP contribution in [0, 0.1) is 0 Å². The van der Waals surface area contributed by atoms with E-state index in [4.69, 9.17) is 0 Å². The highest BCUT2D eigenvalue weighted by molar-refractivity contribution is 6.07. The number of urea groups is 1. The van der Waals surface area contributed by atoms with Crippen molar-refractivity contribution in [2.45, 2.75) is 101 Å². The van der Waals surface area contributed by atoms with Crippen molar-refractivity contribution < 1.29 is 4.79 Å². The molecule has 3 fully saturated rings. The minimum atomic E-state index is -0.216. The first-order chi connectivity index (χ1) is 14.7. The van der Waals surface area contributed by atoms with Crippen LogP contribution in [0.1, 0.15) is 76.7 Å². The van der Waals surface area contributed by atoms with Crippen LogP contribution < -0.4 is 5.32 Å². The second-order valence-electron chi connectivity index (χ2n) is 9.97. The van der Waals surface area contributed by atoms with Gasteiger partial charge in [0, 0.05) is 31.2 Å². The van der Waals surface area contributed by atoms with Crippen LogP contribution >= 0.6 is 0 Å². The molecule has 0 radical (unpaired) electrons. The molecule has 1 N–H and O–H groups in total. The number of hydrogen-bond acceptors (Lipinski definition) is 3. The first-order valence-corrected chi connectivity index (χ1v) is 12.1. The van der Waals surface area contributed by atoms with Crippen LogP contribution in [0.15, 0.2) is 35.3 Å². The Kier molecular flexibility index (Phi) is 5.57. The highest BCUT2D eigenvalue weighted by Gasteiger charge is 2.55. The molecule has 1 aromatic carbocycles. The van der Waals surface area contributed by atoms with E-state index in [1.165, 1.54) is 44.1 Å². The number of amides is 2. The summed E-state index contributed by atoms with van der Waals surface area (Å²) in [5.41, 5.74) is 1.15. The van der Waals surface area contributed by atoms with Crippen molar-refractivity contribution in [1.29, 1.82) is 0 Å². The van der Waals surface area contributed by atoms with E-state index < -0.39 is 0 Å². The Bertz CT molecular complexity index is 784. The highest BCUT2D eigenvalue weighted by atomic mass is 16.2. The largest absolute Gasteiger partial charge is 0.369 e. The van der Waals surface area contributed by atoms with Gasteiger partial charge in [-0.3, -0.25) is 4.90 Å². The summed E-state index contributed by atoms with van der Waals surface area (Å²) in [5.74, 6) is 0.998. The van der Waals surface area contributed by atoms with Gasteiger partial charge in [0.15, 0.2) is 0 Å². The molecule has 162 valence electrons. The summed E-state index contributed by atoms with van der Waals surface area (Å²) in [4.78, 5) is 22.5. The Labute approximate surface area is 180 Å². The third kappa shape index (κ3) is 3.66. The molecule has 2 aliphatic heterocycles. The number of carbonyl (C=O) groups is 1. The minimum Gasteiger partial charge on any atom is -0.369 e. The Morgan fingerprint density at radius 1 is 1.07 bits per heavy atom. The van der Waals surface area contributed by atoms with Gasteiger partial charge in [-0.2, -0.15) is 4.99 Å². The van der Waals surface area contributed by atoms with E-state index in [0.717, 1.165) is 44.6 Å². The van der Waals surface area contributed by atoms with Crippen molar-refractivity contribution in [3.63, 3.8) is 0 Å². The fraction of sp³-hybridized carbons (Fsp3) is 0.680. The maximum atomic E-state index is 13.1. The van der Waals surface area contributed by atoms with Gasteiger partial charge in [-0.05, 0) is 57.4 Å². The molecule has 0 unspecified atom stereocenters. The second kappa shape index (κ2) is 8.33. The van der Waals surface area contributed by atoms with Crippen molar-refractivity contribution in [3.8, 4) is 0 Å². The van der Waals surface area contributed by atoms with Crippen molar-refractivity contribution in [1.82, 2.24) is 15.1 Å². The zero-order chi connectivity index (χ0) is 20.6. The normalized spacial score (nSPS) is 31.1. The van der Waals surface area contributed by atoms with Crippen molar-refractivity contribution in [2.75, 3.05) is 6.54 Å². The predicted octanol–water partition coefficient (Wildman–Crippen LogP) is 4.72. The molecule has 1 spiro atoms. The monoisotopic (exact) mass is 408 g/mol. The van der Waals surface area contributed by atoms with E-state index in [1.54, 1.807) is 0 Å². The first-order valence-electron chi connectivity index (χ1n) is 12.1. The van der Waals surface area contributed by atoms with Gasteiger partial charge < -0.3 is 10.2 Å². The molecular formula is C25H36N4O. The lowest BCUT2D eigenvalue weighted by Crippen LogP contribution is -2.66. The van der Waals surface area contributed by atoms with Crippen molar-refractivity contribution in [2.24, 2.45) is 4.99 Å². The summed E-state index contributed by atoms with van der Waals surface area (Å²) in [6, 6.07) is 12.1. The van der Waals surface area contributed by atoms with Gasteiger partial charge in [-0.1, -0.05) is 49.6 Å². The molecule has 1 aromatic rings. The number of hydrogen-bond donors (Lipinski definition) is 1. The van der Waals surface area contributed by atoms with Gasteiger partial charge in [0.25, 0.3) is 0 Å². The fourth-order valence-electron chi connectivity index (χ4n) is 6.06.